The lowest BCUT2D eigenvalue weighted by Gasteiger charge is -2.28. The summed E-state index contributed by atoms with van der Waals surface area (Å²) in [6.45, 7) is 5.81. The first-order valence-electron chi connectivity index (χ1n) is 7.91. The zero-order valence-corrected chi connectivity index (χ0v) is 13.3. The van der Waals surface area contributed by atoms with Gasteiger partial charge in [0.1, 0.15) is 6.04 Å². The molecule has 2 rings (SSSR count). The fourth-order valence-electron chi connectivity index (χ4n) is 2.91. The van der Waals surface area contributed by atoms with E-state index >= 15 is 0 Å². The van der Waals surface area contributed by atoms with Crippen molar-refractivity contribution in [3.63, 3.8) is 0 Å². The minimum atomic E-state index is -0.507. The second kappa shape index (κ2) is 7.94. The van der Waals surface area contributed by atoms with Crippen molar-refractivity contribution in [3.05, 3.63) is 35.9 Å². The molecule has 0 spiro atoms. The molecule has 120 valence electrons. The van der Waals surface area contributed by atoms with Gasteiger partial charge in [-0.2, -0.15) is 0 Å². The van der Waals surface area contributed by atoms with Crippen LogP contribution >= 0.6 is 0 Å². The van der Waals surface area contributed by atoms with Crippen LogP contribution in [0.1, 0.15) is 38.3 Å². The molecule has 5 heteroatoms. The Labute approximate surface area is 132 Å². The van der Waals surface area contributed by atoms with E-state index in [2.05, 4.69) is 27.7 Å². The minimum Gasteiger partial charge on any atom is -0.352 e. The third kappa shape index (κ3) is 4.56. The zero-order chi connectivity index (χ0) is 15.9. The maximum absolute atomic E-state index is 12.1. The van der Waals surface area contributed by atoms with Crippen LogP contribution in [0, 0.1) is 0 Å². The molecule has 2 N–H and O–H groups in total. The monoisotopic (exact) mass is 303 g/mol. The highest BCUT2D eigenvalue weighted by molar-refractivity contribution is 5.86. The zero-order valence-electron chi connectivity index (χ0n) is 13.3. The van der Waals surface area contributed by atoms with Crippen molar-refractivity contribution in [2.75, 3.05) is 19.6 Å². The molecule has 0 aromatic heterocycles. The topological polar surface area (TPSA) is 61.4 Å². The van der Waals surface area contributed by atoms with Crippen molar-refractivity contribution in [3.8, 4) is 0 Å². The number of nitrogens with zero attached hydrogens (tertiary/aromatic N) is 1. The van der Waals surface area contributed by atoms with Crippen LogP contribution in [-0.4, -0.2) is 42.4 Å². The van der Waals surface area contributed by atoms with E-state index in [1.54, 1.807) is 6.92 Å². The third-order valence-corrected chi connectivity index (χ3v) is 4.05. The highest BCUT2D eigenvalue weighted by Gasteiger charge is 2.24. The van der Waals surface area contributed by atoms with Crippen molar-refractivity contribution in [1.29, 1.82) is 0 Å². The molecule has 0 radical (unpaired) electrons. The van der Waals surface area contributed by atoms with Gasteiger partial charge >= 0.3 is 0 Å². The van der Waals surface area contributed by atoms with Crippen molar-refractivity contribution in [2.45, 2.75) is 38.8 Å². The van der Waals surface area contributed by atoms with Gasteiger partial charge in [-0.1, -0.05) is 30.3 Å². The second-order valence-corrected chi connectivity index (χ2v) is 5.84. The Morgan fingerprint density at radius 1 is 1.18 bits per heavy atom. The Bertz CT molecular complexity index is 498. The van der Waals surface area contributed by atoms with Gasteiger partial charge in [0.05, 0.1) is 6.04 Å². The molecule has 22 heavy (non-hydrogen) atoms. The van der Waals surface area contributed by atoms with Crippen molar-refractivity contribution < 1.29 is 9.59 Å². The average Bonchev–Trinajstić information content (AvgIpc) is 3.02. The number of nitrogens with one attached hydrogen (secondary N) is 2. The largest absolute Gasteiger partial charge is 0.352 e. The fourth-order valence-corrected chi connectivity index (χ4v) is 2.91. The van der Waals surface area contributed by atoms with Crippen molar-refractivity contribution in [1.82, 2.24) is 15.5 Å². The molecule has 0 unspecified atom stereocenters. The van der Waals surface area contributed by atoms with E-state index in [0.29, 0.717) is 6.54 Å². The first kappa shape index (κ1) is 16.5. The summed E-state index contributed by atoms with van der Waals surface area (Å²) >= 11 is 0. The molecule has 1 saturated heterocycles. The smallest absolute Gasteiger partial charge is 0.242 e. The quantitative estimate of drug-likeness (QED) is 0.836. The molecule has 5 nitrogen and oxygen atoms in total. The molecule has 1 aliphatic rings. The Balaban J connectivity index is 1.98. The number of rotatable bonds is 6. The van der Waals surface area contributed by atoms with Gasteiger partial charge < -0.3 is 10.6 Å². The van der Waals surface area contributed by atoms with E-state index in [1.165, 1.54) is 25.3 Å². The van der Waals surface area contributed by atoms with Crippen molar-refractivity contribution in [2.24, 2.45) is 0 Å². The van der Waals surface area contributed by atoms with Gasteiger partial charge in [0.25, 0.3) is 0 Å². The maximum Gasteiger partial charge on any atom is 0.242 e. The Kier molecular flexibility index (Phi) is 5.95. The number of likely N-dealkylation sites (tertiary alicyclic amines) is 1. The van der Waals surface area contributed by atoms with Gasteiger partial charge in [0.2, 0.25) is 11.8 Å². The Morgan fingerprint density at radius 3 is 2.41 bits per heavy atom. The van der Waals surface area contributed by atoms with E-state index in [0.717, 1.165) is 13.1 Å². The van der Waals surface area contributed by atoms with E-state index < -0.39 is 6.04 Å². The van der Waals surface area contributed by atoms with Gasteiger partial charge in [0.15, 0.2) is 0 Å². The maximum atomic E-state index is 12.1. The first-order chi connectivity index (χ1) is 10.6. The van der Waals surface area contributed by atoms with Crippen LogP contribution in [0.2, 0.25) is 0 Å². The summed E-state index contributed by atoms with van der Waals surface area (Å²) < 4.78 is 0. The summed E-state index contributed by atoms with van der Waals surface area (Å²) in [6, 6.07) is 9.95. The summed E-state index contributed by atoms with van der Waals surface area (Å²) in [5.41, 5.74) is 1.22. The lowest BCUT2D eigenvalue weighted by molar-refractivity contribution is -0.127. The molecule has 2 atom stereocenters. The molecule has 0 bridgehead atoms. The predicted octanol–water partition coefficient (Wildman–Crippen LogP) is 1.46. The fraction of sp³-hybridized carbons (Fsp3) is 0.529. The molecular formula is C17H25N3O2. The van der Waals surface area contributed by atoms with Gasteiger partial charge in [-0.15, -0.1) is 0 Å². The standard InChI is InChI=1S/C17H25N3O2/c1-13(19-14(2)21)17(22)18-12-16(20-10-6-7-11-20)15-8-4-3-5-9-15/h3-5,8-9,13,16H,6-7,10-12H2,1-2H3,(H,18,22)(H,19,21)/t13-,16+/m1/s1. The van der Waals surface area contributed by atoms with E-state index in [9.17, 15) is 9.59 Å². The minimum absolute atomic E-state index is 0.143. The summed E-state index contributed by atoms with van der Waals surface area (Å²) in [6.07, 6.45) is 2.42. The van der Waals surface area contributed by atoms with E-state index in [-0.39, 0.29) is 17.9 Å². The van der Waals surface area contributed by atoms with E-state index in [4.69, 9.17) is 0 Å². The lowest BCUT2D eigenvalue weighted by Crippen LogP contribution is -2.46. The Hall–Kier alpha value is -1.88. The van der Waals surface area contributed by atoms with Gasteiger partial charge in [0, 0.05) is 13.5 Å². The Morgan fingerprint density at radius 2 is 1.82 bits per heavy atom. The van der Waals surface area contributed by atoms with Gasteiger partial charge in [-0.05, 0) is 38.4 Å². The van der Waals surface area contributed by atoms with Crippen LogP contribution < -0.4 is 10.6 Å². The molecule has 1 heterocycles. The lowest BCUT2D eigenvalue weighted by atomic mass is 10.1. The van der Waals surface area contributed by atoms with E-state index in [1.807, 2.05) is 18.2 Å². The molecule has 1 fully saturated rings. The highest BCUT2D eigenvalue weighted by Crippen LogP contribution is 2.24. The number of hydrogen-bond acceptors (Lipinski definition) is 3. The number of carbonyl (C=O) groups excluding carboxylic acids is 2. The molecule has 1 aromatic carbocycles. The SMILES string of the molecule is CC(=O)N[C@H](C)C(=O)NC[C@@H](c1ccccc1)N1CCCC1. The second-order valence-electron chi connectivity index (χ2n) is 5.84. The van der Waals surface area contributed by atoms with Crippen LogP contribution in [-0.2, 0) is 9.59 Å². The molecule has 1 aromatic rings. The third-order valence-electron chi connectivity index (χ3n) is 4.05. The molecular weight excluding hydrogens is 278 g/mol. The summed E-state index contributed by atoms with van der Waals surface area (Å²) in [4.78, 5) is 25.5. The number of hydrogen-bond donors (Lipinski definition) is 2. The van der Waals surface area contributed by atoms with Crippen LogP contribution in [0.5, 0.6) is 0 Å². The van der Waals surface area contributed by atoms with Crippen LogP contribution in [0.25, 0.3) is 0 Å². The first-order valence-corrected chi connectivity index (χ1v) is 7.91. The number of benzene rings is 1. The molecule has 1 aliphatic heterocycles. The highest BCUT2D eigenvalue weighted by atomic mass is 16.2. The molecule has 0 aliphatic carbocycles. The summed E-state index contributed by atoms with van der Waals surface area (Å²) in [5.74, 6) is -0.336. The van der Waals surface area contributed by atoms with Crippen molar-refractivity contribution >= 4 is 11.8 Å². The van der Waals surface area contributed by atoms with Crippen LogP contribution in [0.15, 0.2) is 30.3 Å². The van der Waals surface area contributed by atoms with Gasteiger partial charge in [-0.25, -0.2) is 0 Å². The predicted molar refractivity (Wildman–Crippen MR) is 86.3 cm³/mol. The van der Waals surface area contributed by atoms with Gasteiger partial charge in [-0.3, -0.25) is 14.5 Å². The van der Waals surface area contributed by atoms with Crippen LogP contribution in [0.3, 0.4) is 0 Å². The van der Waals surface area contributed by atoms with Crippen LogP contribution in [0.4, 0.5) is 0 Å². The number of amides is 2. The number of carbonyl (C=O) groups is 2. The summed E-state index contributed by atoms with van der Waals surface area (Å²) in [5, 5.41) is 5.58. The normalized spacial score (nSPS) is 17.7. The average molecular weight is 303 g/mol. The molecule has 2 amide bonds. The summed E-state index contributed by atoms with van der Waals surface area (Å²) in [7, 11) is 0. The molecule has 0 saturated carbocycles.